The Morgan fingerprint density at radius 2 is 1.86 bits per heavy atom. The number of nitrogens with one attached hydrogen (secondary N) is 1. The number of hydrogen-bond donors (Lipinski definition) is 2. The van der Waals surface area contributed by atoms with Gasteiger partial charge < -0.3 is 15.2 Å². The van der Waals surface area contributed by atoms with Crippen LogP contribution in [-0.4, -0.2) is 31.2 Å². The molecule has 7 nitrogen and oxygen atoms in total. The van der Waals surface area contributed by atoms with Crippen LogP contribution in [-0.2, 0) is 9.59 Å². The standard InChI is InChI=1S/C19H19Cl2N3O4/c20-14-5-8-17(16(21)10-14)27-9-1-2-19(26)24-23-11-13-3-6-15(7-4-13)28-12-18(22)25/h3-8,10-11H,1-2,9,12H2,(H2,22,25)(H,24,26)/b23-11-. The van der Waals surface area contributed by atoms with Crippen molar-refractivity contribution >= 4 is 41.2 Å². The molecule has 0 fully saturated rings. The highest BCUT2D eigenvalue weighted by atomic mass is 35.5. The van der Waals surface area contributed by atoms with Gasteiger partial charge in [0.1, 0.15) is 11.5 Å². The van der Waals surface area contributed by atoms with Gasteiger partial charge in [-0.25, -0.2) is 5.43 Å². The molecule has 0 atom stereocenters. The summed E-state index contributed by atoms with van der Waals surface area (Å²) in [6.45, 7) is 0.155. The minimum Gasteiger partial charge on any atom is -0.492 e. The third kappa shape index (κ3) is 7.85. The maximum absolute atomic E-state index is 11.8. The van der Waals surface area contributed by atoms with Crippen LogP contribution in [0.25, 0.3) is 0 Å². The predicted molar refractivity (Wildman–Crippen MR) is 108 cm³/mol. The lowest BCUT2D eigenvalue weighted by Crippen LogP contribution is -2.20. The summed E-state index contributed by atoms with van der Waals surface area (Å²) in [6, 6.07) is 11.8. The van der Waals surface area contributed by atoms with E-state index in [0.29, 0.717) is 34.6 Å². The summed E-state index contributed by atoms with van der Waals surface area (Å²) in [5.41, 5.74) is 8.20. The van der Waals surface area contributed by atoms with Crippen molar-refractivity contribution in [3.8, 4) is 11.5 Å². The molecule has 0 aromatic heterocycles. The van der Waals surface area contributed by atoms with Gasteiger partial charge in [0.05, 0.1) is 17.8 Å². The lowest BCUT2D eigenvalue weighted by atomic mass is 10.2. The average Bonchev–Trinajstić information content (AvgIpc) is 2.66. The molecule has 2 rings (SSSR count). The first kappa shape index (κ1) is 21.5. The molecule has 2 amide bonds. The Hall–Kier alpha value is -2.77. The topological polar surface area (TPSA) is 103 Å². The number of hydrazone groups is 1. The van der Waals surface area contributed by atoms with Crippen molar-refractivity contribution < 1.29 is 19.1 Å². The average molecular weight is 424 g/mol. The number of amides is 2. The predicted octanol–water partition coefficient (Wildman–Crippen LogP) is 3.17. The quantitative estimate of drug-likeness (QED) is 0.347. The van der Waals surface area contributed by atoms with Crippen LogP contribution in [0.1, 0.15) is 18.4 Å². The van der Waals surface area contributed by atoms with Gasteiger partial charge in [0.15, 0.2) is 6.61 Å². The van der Waals surface area contributed by atoms with Crippen molar-refractivity contribution in [3.63, 3.8) is 0 Å². The molecule has 0 saturated heterocycles. The van der Waals surface area contributed by atoms with Gasteiger partial charge in [-0.05, 0) is 54.4 Å². The van der Waals surface area contributed by atoms with Gasteiger partial charge in [-0.3, -0.25) is 9.59 Å². The number of ether oxygens (including phenoxy) is 2. The monoisotopic (exact) mass is 423 g/mol. The largest absolute Gasteiger partial charge is 0.492 e. The molecule has 0 unspecified atom stereocenters. The van der Waals surface area contributed by atoms with Gasteiger partial charge in [-0.1, -0.05) is 23.2 Å². The number of carbonyl (C=O) groups is 2. The third-order valence-electron chi connectivity index (χ3n) is 3.36. The summed E-state index contributed by atoms with van der Waals surface area (Å²) in [6.07, 6.45) is 2.26. The fourth-order valence-corrected chi connectivity index (χ4v) is 2.51. The molecular weight excluding hydrogens is 405 g/mol. The summed E-state index contributed by atoms with van der Waals surface area (Å²) >= 11 is 11.8. The zero-order valence-corrected chi connectivity index (χ0v) is 16.4. The van der Waals surface area contributed by atoms with Crippen LogP contribution >= 0.6 is 23.2 Å². The molecule has 3 N–H and O–H groups in total. The lowest BCUT2D eigenvalue weighted by Gasteiger charge is -2.07. The second-order valence-corrected chi connectivity index (χ2v) is 6.49. The van der Waals surface area contributed by atoms with E-state index < -0.39 is 5.91 Å². The van der Waals surface area contributed by atoms with Crippen LogP contribution < -0.4 is 20.6 Å². The molecule has 0 heterocycles. The lowest BCUT2D eigenvalue weighted by molar-refractivity contribution is -0.121. The first-order chi connectivity index (χ1) is 13.4. The van der Waals surface area contributed by atoms with Crippen LogP contribution in [0, 0.1) is 0 Å². The number of carbonyl (C=O) groups excluding carboxylic acids is 2. The van der Waals surface area contributed by atoms with Gasteiger partial charge in [0.25, 0.3) is 5.91 Å². The van der Waals surface area contributed by atoms with Crippen LogP contribution in [0.15, 0.2) is 47.6 Å². The summed E-state index contributed by atoms with van der Waals surface area (Å²) in [7, 11) is 0. The number of nitrogens with two attached hydrogens (primary N) is 1. The van der Waals surface area contributed by atoms with E-state index in [1.165, 1.54) is 6.21 Å². The Balaban J connectivity index is 1.66. The highest BCUT2D eigenvalue weighted by Gasteiger charge is 2.04. The van der Waals surface area contributed by atoms with E-state index >= 15 is 0 Å². The van der Waals surface area contributed by atoms with Crippen molar-refractivity contribution in [1.82, 2.24) is 5.43 Å². The Labute approximate surface area is 172 Å². The first-order valence-corrected chi connectivity index (χ1v) is 9.10. The Morgan fingerprint density at radius 3 is 2.54 bits per heavy atom. The molecule has 2 aromatic carbocycles. The highest BCUT2D eigenvalue weighted by Crippen LogP contribution is 2.27. The molecule has 148 valence electrons. The Bertz CT molecular complexity index is 842. The maximum Gasteiger partial charge on any atom is 0.255 e. The number of rotatable bonds is 10. The molecule has 0 aliphatic heterocycles. The van der Waals surface area contributed by atoms with Crippen molar-refractivity contribution in [2.75, 3.05) is 13.2 Å². The van der Waals surface area contributed by atoms with Crippen LogP contribution in [0.5, 0.6) is 11.5 Å². The fourth-order valence-electron chi connectivity index (χ4n) is 2.05. The van der Waals surface area contributed by atoms with Gasteiger partial charge in [-0.15, -0.1) is 0 Å². The number of halogens is 2. The van der Waals surface area contributed by atoms with Crippen molar-refractivity contribution in [1.29, 1.82) is 0 Å². The molecule has 28 heavy (non-hydrogen) atoms. The maximum atomic E-state index is 11.8. The van der Waals surface area contributed by atoms with E-state index in [-0.39, 0.29) is 18.9 Å². The summed E-state index contributed by atoms with van der Waals surface area (Å²) in [4.78, 5) is 22.4. The third-order valence-corrected chi connectivity index (χ3v) is 3.89. The minimum atomic E-state index is -0.546. The first-order valence-electron chi connectivity index (χ1n) is 8.35. The molecule has 0 spiro atoms. The van der Waals surface area contributed by atoms with Crippen molar-refractivity contribution in [2.24, 2.45) is 10.8 Å². The van der Waals surface area contributed by atoms with Gasteiger partial charge in [0.2, 0.25) is 5.91 Å². The van der Waals surface area contributed by atoms with Gasteiger partial charge in [0, 0.05) is 11.4 Å². The molecule has 0 bridgehead atoms. The second kappa shape index (κ2) is 11.2. The molecule has 2 aromatic rings. The van der Waals surface area contributed by atoms with Crippen molar-refractivity contribution in [2.45, 2.75) is 12.8 Å². The van der Waals surface area contributed by atoms with E-state index in [2.05, 4.69) is 10.5 Å². The Morgan fingerprint density at radius 1 is 1.11 bits per heavy atom. The molecular formula is C19H19Cl2N3O4. The van der Waals surface area contributed by atoms with E-state index in [1.54, 1.807) is 42.5 Å². The fraction of sp³-hybridized carbons (Fsp3) is 0.211. The smallest absolute Gasteiger partial charge is 0.255 e. The summed E-state index contributed by atoms with van der Waals surface area (Å²) in [5.74, 6) is 0.256. The zero-order valence-electron chi connectivity index (χ0n) is 14.9. The highest BCUT2D eigenvalue weighted by molar-refractivity contribution is 6.35. The van der Waals surface area contributed by atoms with Crippen LogP contribution in [0.4, 0.5) is 0 Å². The van der Waals surface area contributed by atoms with E-state index in [0.717, 1.165) is 5.56 Å². The van der Waals surface area contributed by atoms with Crippen LogP contribution in [0.3, 0.4) is 0 Å². The van der Waals surface area contributed by atoms with Crippen LogP contribution in [0.2, 0.25) is 10.0 Å². The molecule has 0 saturated carbocycles. The Kier molecular flexibility index (Phi) is 8.58. The summed E-state index contributed by atoms with van der Waals surface area (Å²) < 4.78 is 10.7. The second-order valence-electron chi connectivity index (χ2n) is 5.64. The number of hydrogen-bond acceptors (Lipinski definition) is 5. The molecule has 9 heteroatoms. The van der Waals surface area contributed by atoms with E-state index in [1.807, 2.05) is 0 Å². The molecule has 0 aliphatic rings. The zero-order chi connectivity index (χ0) is 20.4. The van der Waals surface area contributed by atoms with E-state index in [9.17, 15) is 9.59 Å². The van der Waals surface area contributed by atoms with Crippen molar-refractivity contribution in [3.05, 3.63) is 58.1 Å². The molecule has 0 aliphatic carbocycles. The number of primary amides is 1. The van der Waals surface area contributed by atoms with Gasteiger partial charge >= 0.3 is 0 Å². The van der Waals surface area contributed by atoms with Gasteiger partial charge in [-0.2, -0.15) is 5.10 Å². The SMILES string of the molecule is NC(=O)COc1ccc(/C=N\NC(=O)CCCOc2ccc(Cl)cc2Cl)cc1. The number of nitrogens with zero attached hydrogens (tertiary/aromatic N) is 1. The minimum absolute atomic E-state index is 0.183. The molecule has 0 radical (unpaired) electrons. The summed E-state index contributed by atoms with van der Waals surface area (Å²) in [5, 5.41) is 4.84. The number of benzene rings is 2. The normalized spacial score (nSPS) is 10.6. The van der Waals surface area contributed by atoms with E-state index in [4.69, 9.17) is 38.4 Å².